The van der Waals surface area contributed by atoms with Crippen molar-refractivity contribution in [2.24, 2.45) is 0 Å². The first-order chi connectivity index (χ1) is 18.5. The van der Waals surface area contributed by atoms with Crippen molar-refractivity contribution in [3.63, 3.8) is 0 Å². The molecule has 2 aromatic carbocycles. The normalized spacial score (nSPS) is 11.3. The van der Waals surface area contributed by atoms with Crippen molar-refractivity contribution in [1.82, 2.24) is 14.7 Å². The smallest absolute Gasteiger partial charge is 0.322 e. The summed E-state index contributed by atoms with van der Waals surface area (Å²) < 4.78 is 7.27. The molecule has 0 spiro atoms. The van der Waals surface area contributed by atoms with Crippen molar-refractivity contribution in [2.45, 2.75) is 73.1 Å². The van der Waals surface area contributed by atoms with Gasteiger partial charge in [-0.25, -0.2) is 9.48 Å². The molecule has 1 aromatic heterocycles. The van der Waals surface area contributed by atoms with Crippen LogP contribution < -0.4 is 15.4 Å². The van der Waals surface area contributed by atoms with Crippen LogP contribution in [0.3, 0.4) is 0 Å². The summed E-state index contributed by atoms with van der Waals surface area (Å²) in [7, 11) is 0. The van der Waals surface area contributed by atoms with E-state index in [-0.39, 0.29) is 23.9 Å². The lowest BCUT2D eigenvalue weighted by molar-refractivity contribution is -0.116. The number of hydrogen-bond acceptors (Lipinski definition) is 4. The number of hydrogen-bond donors (Lipinski definition) is 2. The Balaban J connectivity index is 1.80. The predicted octanol–water partition coefficient (Wildman–Crippen LogP) is 6.85. The van der Waals surface area contributed by atoms with E-state index < -0.39 is 0 Å². The second-order valence-corrected chi connectivity index (χ2v) is 10.9. The summed E-state index contributed by atoms with van der Waals surface area (Å²) in [6.07, 6.45) is 2.81. The number of aryl methyl sites for hydroxylation is 2. The van der Waals surface area contributed by atoms with E-state index in [1.54, 1.807) is 21.7 Å². The molecule has 8 heteroatoms. The topological polar surface area (TPSA) is 88.5 Å². The monoisotopic (exact) mass is 533 g/mol. The Labute approximate surface area is 232 Å². The summed E-state index contributed by atoms with van der Waals surface area (Å²) in [5.41, 5.74) is 4.43. The van der Waals surface area contributed by atoms with Crippen molar-refractivity contribution in [3.8, 4) is 11.4 Å². The Morgan fingerprint density at radius 3 is 2.31 bits per heavy atom. The number of amides is 3. The largest absolute Gasteiger partial charge is 0.494 e. The van der Waals surface area contributed by atoms with Crippen LogP contribution in [-0.4, -0.2) is 46.3 Å². The molecular weight excluding hydrogens is 490 g/mol. The number of carbonyl (C=O) groups is 2. The average molecular weight is 534 g/mol. The van der Waals surface area contributed by atoms with Gasteiger partial charge in [-0.2, -0.15) is 5.10 Å². The number of ether oxygens (including phenoxy) is 1. The maximum absolute atomic E-state index is 13.3. The van der Waals surface area contributed by atoms with Gasteiger partial charge in [-0.15, -0.1) is 0 Å². The van der Waals surface area contributed by atoms with Gasteiger partial charge in [-0.3, -0.25) is 4.79 Å². The first-order valence-corrected chi connectivity index (χ1v) is 13.8. The van der Waals surface area contributed by atoms with Gasteiger partial charge < -0.3 is 20.3 Å². The average Bonchev–Trinajstić information content (AvgIpc) is 3.29. The fourth-order valence-corrected chi connectivity index (χ4v) is 4.23. The molecule has 0 aliphatic carbocycles. The zero-order valence-electron chi connectivity index (χ0n) is 24.4. The molecule has 0 atom stereocenters. The van der Waals surface area contributed by atoms with E-state index >= 15 is 0 Å². The summed E-state index contributed by atoms with van der Waals surface area (Å²) in [6, 6.07) is 15.0. The number of benzene rings is 2. The van der Waals surface area contributed by atoms with Crippen LogP contribution in [0, 0.1) is 13.8 Å². The Morgan fingerprint density at radius 1 is 0.974 bits per heavy atom. The van der Waals surface area contributed by atoms with Gasteiger partial charge >= 0.3 is 6.03 Å². The van der Waals surface area contributed by atoms with Gasteiger partial charge in [0.1, 0.15) is 18.1 Å². The highest BCUT2D eigenvalue weighted by Gasteiger charge is 2.23. The maximum atomic E-state index is 13.3. The number of unbranched alkanes of at least 4 members (excludes halogenated alkanes) is 2. The Morgan fingerprint density at radius 2 is 1.69 bits per heavy atom. The predicted molar refractivity (Wildman–Crippen MR) is 158 cm³/mol. The molecule has 3 amide bonds. The van der Waals surface area contributed by atoms with Crippen LogP contribution in [0.2, 0.25) is 0 Å². The Bertz CT molecular complexity index is 1260. The van der Waals surface area contributed by atoms with Crippen molar-refractivity contribution in [1.29, 1.82) is 0 Å². The molecule has 0 saturated heterocycles. The van der Waals surface area contributed by atoms with Gasteiger partial charge in [0.15, 0.2) is 0 Å². The SMILES string of the molecule is CCCCCN(CC(=O)Nc1cc(C(C)(C)C)nn1-c1ccc(C)cc1C)C(=O)Nc1ccc(OCC)cc1. The number of aromatic nitrogens is 2. The molecule has 0 bridgehead atoms. The lowest BCUT2D eigenvalue weighted by Crippen LogP contribution is -2.41. The van der Waals surface area contributed by atoms with Gasteiger partial charge in [-0.05, 0) is 63.1 Å². The van der Waals surface area contributed by atoms with Crippen molar-refractivity contribution < 1.29 is 14.3 Å². The third-order valence-electron chi connectivity index (χ3n) is 6.40. The highest BCUT2D eigenvalue weighted by atomic mass is 16.5. The molecule has 0 unspecified atom stereocenters. The molecule has 0 saturated carbocycles. The van der Waals surface area contributed by atoms with Crippen molar-refractivity contribution in [3.05, 3.63) is 65.4 Å². The molecular formula is C31H43N5O3. The number of nitrogens with zero attached hydrogens (tertiary/aromatic N) is 3. The van der Waals surface area contributed by atoms with E-state index in [0.29, 0.717) is 24.7 Å². The Kier molecular flexibility index (Phi) is 10.2. The van der Waals surface area contributed by atoms with E-state index in [4.69, 9.17) is 9.84 Å². The lowest BCUT2D eigenvalue weighted by Gasteiger charge is -2.23. The van der Waals surface area contributed by atoms with E-state index in [9.17, 15) is 9.59 Å². The molecule has 2 N–H and O–H groups in total. The third kappa shape index (κ3) is 8.34. The molecule has 3 rings (SSSR count). The maximum Gasteiger partial charge on any atom is 0.322 e. The zero-order chi connectivity index (χ0) is 28.6. The van der Waals surface area contributed by atoms with Crippen LogP contribution in [0.15, 0.2) is 48.5 Å². The first kappa shape index (κ1) is 29.7. The van der Waals surface area contributed by atoms with Crippen LogP contribution in [0.4, 0.5) is 16.3 Å². The fourth-order valence-electron chi connectivity index (χ4n) is 4.23. The second-order valence-electron chi connectivity index (χ2n) is 10.9. The van der Waals surface area contributed by atoms with E-state index in [2.05, 4.69) is 51.3 Å². The van der Waals surface area contributed by atoms with E-state index in [1.807, 2.05) is 44.2 Å². The standard InChI is InChI=1S/C31H43N5O3/c1-8-10-11-18-35(30(38)32-24-13-15-25(16-14-24)39-9-2)21-29(37)33-28-20-27(31(5,6)7)34-36(28)26-17-12-22(3)19-23(26)4/h12-17,19-20H,8-11,18,21H2,1-7H3,(H,32,38)(H,33,37). The Hall–Kier alpha value is -3.81. The lowest BCUT2D eigenvalue weighted by atomic mass is 9.92. The van der Waals surface area contributed by atoms with E-state index in [1.165, 1.54) is 0 Å². The van der Waals surface area contributed by atoms with Crippen molar-refractivity contribution >= 4 is 23.4 Å². The third-order valence-corrected chi connectivity index (χ3v) is 6.40. The van der Waals surface area contributed by atoms with Crippen molar-refractivity contribution in [2.75, 3.05) is 30.3 Å². The van der Waals surface area contributed by atoms with Gasteiger partial charge in [0.25, 0.3) is 0 Å². The summed E-state index contributed by atoms with van der Waals surface area (Å²) in [5.74, 6) is 1.04. The van der Waals surface area contributed by atoms with Gasteiger partial charge in [0.2, 0.25) is 5.91 Å². The van der Waals surface area contributed by atoms with Gasteiger partial charge in [-0.1, -0.05) is 58.2 Å². The van der Waals surface area contributed by atoms with Crippen LogP contribution in [0.1, 0.15) is 70.7 Å². The minimum atomic E-state index is -0.316. The summed E-state index contributed by atoms with van der Waals surface area (Å²) in [5, 5.41) is 10.8. The number of rotatable bonds is 11. The molecule has 0 fully saturated rings. The first-order valence-electron chi connectivity index (χ1n) is 13.8. The molecule has 1 heterocycles. The zero-order valence-corrected chi connectivity index (χ0v) is 24.4. The molecule has 0 radical (unpaired) electrons. The summed E-state index contributed by atoms with van der Waals surface area (Å²) >= 11 is 0. The number of anilines is 2. The van der Waals surface area contributed by atoms with Crippen LogP contribution >= 0.6 is 0 Å². The summed E-state index contributed by atoms with van der Waals surface area (Å²) in [6.45, 7) is 15.4. The quantitative estimate of drug-likeness (QED) is 0.264. The highest BCUT2D eigenvalue weighted by Crippen LogP contribution is 2.28. The minimum Gasteiger partial charge on any atom is -0.494 e. The van der Waals surface area contributed by atoms with Gasteiger partial charge in [0, 0.05) is 23.7 Å². The van der Waals surface area contributed by atoms with Crippen LogP contribution in [0.5, 0.6) is 5.75 Å². The number of urea groups is 1. The minimum absolute atomic E-state index is 0.0739. The molecule has 39 heavy (non-hydrogen) atoms. The summed E-state index contributed by atoms with van der Waals surface area (Å²) in [4.78, 5) is 28.1. The number of carbonyl (C=O) groups excluding carboxylic acids is 2. The highest BCUT2D eigenvalue weighted by molar-refractivity contribution is 5.96. The second kappa shape index (κ2) is 13.3. The molecule has 0 aliphatic heterocycles. The molecule has 0 aliphatic rings. The molecule has 8 nitrogen and oxygen atoms in total. The molecule has 210 valence electrons. The number of nitrogens with one attached hydrogen (secondary N) is 2. The van der Waals surface area contributed by atoms with E-state index in [0.717, 1.165) is 47.5 Å². The van der Waals surface area contributed by atoms with Gasteiger partial charge in [0.05, 0.1) is 18.0 Å². The van der Waals surface area contributed by atoms with Crippen LogP contribution in [-0.2, 0) is 10.2 Å². The fraction of sp³-hybridized carbons (Fsp3) is 0.452. The molecule has 3 aromatic rings. The van der Waals surface area contributed by atoms with Crippen LogP contribution in [0.25, 0.3) is 5.69 Å².